The van der Waals surface area contributed by atoms with Crippen LogP contribution >= 0.6 is 0 Å². The molecule has 1 unspecified atom stereocenters. The summed E-state index contributed by atoms with van der Waals surface area (Å²) in [5.41, 5.74) is 5.44. The van der Waals surface area contributed by atoms with E-state index in [9.17, 15) is 8.42 Å². The van der Waals surface area contributed by atoms with Gasteiger partial charge in [-0.15, -0.1) is 0 Å². The van der Waals surface area contributed by atoms with Crippen molar-refractivity contribution in [2.45, 2.75) is 30.7 Å². The van der Waals surface area contributed by atoms with Gasteiger partial charge in [0.1, 0.15) is 0 Å². The van der Waals surface area contributed by atoms with Crippen molar-refractivity contribution in [3.63, 3.8) is 0 Å². The zero-order valence-electron chi connectivity index (χ0n) is 11.4. The van der Waals surface area contributed by atoms with Crippen LogP contribution < -0.4 is 10.5 Å². The van der Waals surface area contributed by atoms with E-state index in [4.69, 9.17) is 5.73 Å². The molecule has 0 bridgehead atoms. The monoisotopic (exact) mass is 293 g/mol. The number of pyridine rings is 1. The highest BCUT2D eigenvalue weighted by Gasteiger charge is 2.19. The van der Waals surface area contributed by atoms with Gasteiger partial charge in [-0.05, 0) is 38.4 Å². The molecule has 0 aliphatic carbocycles. The van der Waals surface area contributed by atoms with Gasteiger partial charge in [0.2, 0.25) is 10.0 Å². The number of aromatic nitrogens is 1. The standard InChI is InChI=1S/C14H19N3O2S/c1-11(4-3-8-15)17-20(18,19)14-6-2-5-12-10-16-9-7-13(12)14/h2,5-7,9-11,17H,3-4,8,15H2,1H3. The van der Waals surface area contributed by atoms with Gasteiger partial charge in [0.05, 0.1) is 4.90 Å². The predicted octanol–water partition coefficient (Wildman–Crippen LogP) is 1.64. The SMILES string of the molecule is CC(CCCN)NS(=O)(=O)c1cccc2cnccc12. The largest absolute Gasteiger partial charge is 0.330 e. The van der Waals surface area contributed by atoms with Crippen molar-refractivity contribution in [1.82, 2.24) is 9.71 Å². The second-order valence-corrected chi connectivity index (χ2v) is 6.49. The molecule has 0 fully saturated rings. The maximum Gasteiger partial charge on any atom is 0.241 e. The van der Waals surface area contributed by atoms with Crippen LogP contribution in [-0.4, -0.2) is 26.0 Å². The summed E-state index contributed by atoms with van der Waals surface area (Å²) in [5, 5.41) is 1.49. The van der Waals surface area contributed by atoms with Crippen LogP contribution in [0.2, 0.25) is 0 Å². The molecule has 0 saturated heterocycles. The summed E-state index contributed by atoms with van der Waals surface area (Å²) < 4.78 is 27.6. The fourth-order valence-corrected chi connectivity index (χ4v) is 3.65. The van der Waals surface area contributed by atoms with Crippen LogP contribution in [-0.2, 0) is 10.0 Å². The van der Waals surface area contributed by atoms with Crippen LogP contribution in [0.3, 0.4) is 0 Å². The summed E-state index contributed by atoms with van der Waals surface area (Å²) >= 11 is 0. The molecule has 1 aromatic heterocycles. The van der Waals surface area contributed by atoms with Gasteiger partial charge < -0.3 is 5.73 Å². The van der Waals surface area contributed by atoms with Crippen LogP contribution in [0.1, 0.15) is 19.8 Å². The summed E-state index contributed by atoms with van der Waals surface area (Å²) in [6.07, 6.45) is 4.77. The molecule has 2 aromatic rings. The third-order valence-corrected chi connectivity index (χ3v) is 4.78. The number of benzene rings is 1. The molecule has 108 valence electrons. The minimum Gasteiger partial charge on any atom is -0.330 e. The van der Waals surface area contributed by atoms with Crippen molar-refractivity contribution >= 4 is 20.8 Å². The first kappa shape index (κ1) is 14.9. The lowest BCUT2D eigenvalue weighted by Gasteiger charge is -2.15. The third-order valence-electron chi connectivity index (χ3n) is 3.13. The van der Waals surface area contributed by atoms with E-state index in [0.29, 0.717) is 11.9 Å². The van der Waals surface area contributed by atoms with Gasteiger partial charge >= 0.3 is 0 Å². The Balaban J connectivity index is 2.32. The molecule has 0 aliphatic rings. The Morgan fingerprint density at radius 2 is 2.15 bits per heavy atom. The van der Waals surface area contributed by atoms with Crippen LogP contribution in [0.15, 0.2) is 41.6 Å². The lowest BCUT2D eigenvalue weighted by atomic mass is 10.2. The second-order valence-electron chi connectivity index (χ2n) is 4.81. The molecule has 0 radical (unpaired) electrons. The van der Waals surface area contributed by atoms with Crippen LogP contribution in [0.5, 0.6) is 0 Å². The Morgan fingerprint density at radius 1 is 1.35 bits per heavy atom. The number of sulfonamides is 1. The first-order valence-electron chi connectivity index (χ1n) is 6.60. The van der Waals surface area contributed by atoms with E-state index in [-0.39, 0.29) is 10.9 Å². The lowest BCUT2D eigenvalue weighted by Crippen LogP contribution is -2.33. The highest BCUT2D eigenvalue weighted by atomic mass is 32.2. The maximum atomic E-state index is 12.5. The third kappa shape index (κ3) is 3.33. The molecule has 20 heavy (non-hydrogen) atoms. The average Bonchev–Trinajstić information content (AvgIpc) is 2.44. The minimum atomic E-state index is -3.54. The first-order valence-corrected chi connectivity index (χ1v) is 8.08. The Morgan fingerprint density at radius 3 is 2.90 bits per heavy atom. The van der Waals surface area contributed by atoms with Crippen molar-refractivity contribution < 1.29 is 8.42 Å². The zero-order chi connectivity index (χ0) is 14.6. The molecular weight excluding hydrogens is 274 g/mol. The van der Waals surface area contributed by atoms with E-state index < -0.39 is 10.0 Å². The molecule has 1 aromatic carbocycles. The molecule has 3 N–H and O–H groups in total. The minimum absolute atomic E-state index is 0.138. The number of hydrogen-bond donors (Lipinski definition) is 2. The van der Waals surface area contributed by atoms with E-state index in [2.05, 4.69) is 9.71 Å². The topological polar surface area (TPSA) is 85.1 Å². The number of hydrogen-bond acceptors (Lipinski definition) is 4. The Kier molecular flexibility index (Phi) is 4.69. The Hall–Kier alpha value is -1.50. The highest BCUT2D eigenvalue weighted by molar-refractivity contribution is 7.89. The maximum absolute atomic E-state index is 12.5. The molecule has 0 saturated carbocycles. The van der Waals surface area contributed by atoms with E-state index >= 15 is 0 Å². The van der Waals surface area contributed by atoms with Crippen molar-refractivity contribution in [1.29, 1.82) is 0 Å². The first-order chi connectivity index (χ1) is 9.54. The van der Waals surface area contributed by atoms with Crippen LogP contribution in [0, 0.1) is 0 Å². The molecule has 5 nitrogen and oxygen atoms in total. The number of nitrogens with two attached hydrogens (primary N) is 1. The van der Waals surface area contributed by atoms with Gasteiger partial charge in [-0.2, -0.15) is 0 Å². The molecule has 2 rings (SSSR count). The van der Waals surface area contributed by atoms with E-state index in [1.807, 2.05) is 13.0 Å². The smallest absolute Gasteiger partial charge is 0.241 e. The fourth-order valence-electron chi connectivity index (χ4n) is 2.14. The molecule has 0 aliphatic heterocycles. The van der Waals surface area contributed by atoms with E-state index in [0.717, 1.165) is 18.2 Å². The molecule has 0 amide bonds. The Labute approximate surface area is 119 Å². The molecule has 0 spiro atoms. The van der Waals surface area contributed by atoms with Crippen molar-refractivity contribution in [3.05, 3.63) is 36.7 Å². The predicted molar refractivity (Wildman–Crippen MR) is 79.8 cm³/mol. The fraction of sp³-hybridized carbons (Fsp3) is 0.357. The summed E-state index contributed by atoms with van der Waals surface area (Å²) in [6, 6.07) is 6.76. The van der Waals surface area contributed by atoms with Gasteiger partial charge in [-0.25, -0.2) is 13.1 Å². The normalized spacial score (nSPS) is 13.5. The van der Waals surface area contributed by atoms with Gasteiger partial charge in [0.25, 0.3) is 0 Å². The number of rotatable bonds is 6. The summed E-state index contributed by atoms with van der Waals surface area (Å²) in [4.78, 5) is 4.30. The van der Waals surface area contributed by atoms with Gasteiger partial charge in [-0.3, -0.25) is 4.98 Å². The molecular formula is C14H19N3O2S. The van der Waals surface area contributed by atoms with Gasteiger partial charge in [0.15, 0.2) is 0 Å². The Bertz CT molecular complexity index is 680. The number of nitrogens with zero attached hydrogens (tertiary/aromatic N) is 1. The zero-order valence-corrected chi connectivity index (χ0v) is 12.2. The van der Waals surface area contributed by atoms with Crippen LogP contribution in [0.25, 0.3) is 10.8 Å². The average molecular weight is 293 g/mol. The van der Waals surface area contributed by atoms with Gasteiger partial charge in [0, 0.05) is 29.2 Å². The summed E-state index contributed by atoms with van der Waals surface area (Å²) in [5.74, 6) is 0. The van der Waals surface area contributed by atoms with Crippen molar-refractivity contribution in [3.8, 4) is 0 Å². The lowest BCUT2D eigenvalue weighted by molar-refractivity contribution is 0.539. The quantitative estimate of drug-likeness (QED) is 0.848. The van der Waals surface area contributed by atoms with Crippen molar-refractivity contribution in [2.24, 2.45) is 5.73 Å². The van der Waals surface area contributed by atoms with Gasteiger partial charge in [-0.1, -0.05) is 12.1 Å². The van der Waals surface area contributed by atoms with E-state index in [1.165, 1.54) is 0 Å². The number of fused-ring (bicyclic) bond motifs is 1. The highest BCUT2D eigenvalue weighted by Crippen LogP contribution is 2.22. The molecule has 1 heterocycles. The van der Waals surface area contributed by atoms with Crippen LogP contribution in [0.4, 0.5) is 0 Å². The second kappa shape index (κ2) is 6.30. The molecule has 6 heteroatoms. The van der Waals surface area contributed by atoms with Crippen molar-refractivity contribution in [2.75, 3.05) is 6.54 Å². The number of nitrogens with one attached hydrogen (secondary N) is 1. The molecule has 1 atom stereocenters. The summed E-state index contributed by atoms with van der Waals surface area (Å²) in [7, 11) is -3.54. The van der Waals surface area contributed by atoms with E-state index in [1.54, 1.807) is 30.6 Å². The summed E-state index contributed by atoms with van der Waals surface area (Å²) in [6.45, 7) is 2.41.